The lowest BCUT2D eigenvalue weighted by atomic mass is 10.1. The molecule has 0 saturated heterocycles. The lowest BCUT2D eigenvalue weighted by molar-refractivity contribution is 0.269. The number of hydrogen-bond donors (Lipinski definition) is 1. The average Bonchev–Trinajstić information content (AvgIpc) is 3.21. The lowest BCUT2D eigenvalue weighted by Gasteiger charge is -2.13. The monoisotopic (exact) mass is 443 g/mol. The molecule has 0 fully saturated rings. The van der Waals surface area contributed by atoms with Gasteiger partial charge in [-0.1, -0.05) is 41.9 Å². The smallest absolute Gasteiger partial charge is 0.161 e. The van der Waals surface area contributed by atoms with Crippen LogP contribution in [0.3, 0.4) is 0 Å². The second-order valence-electron chi connectivity index (χ2n) is 7.30. The van der Waals surface area contributed by atoms with Gasteiger partial charge in [-0.2, -0.15) is 5.26 Å². The van der Waals surface area contributed by atoms with Gasteiger partial charge in [-0.05, 0) is 61.4 Å². The van der Waals surface area contributed by atoms with Crippen molar-refractivity contribution in [3.63, 3.8) is 0 Å². The average molecular weight is 444 g/mol. The molecule has 4 aromatic rings. The Balaban J connectivity index is 1.62. The van der Waals surface area contributed by atoms with Crippen molar-refractivity contribution in [1.29, 1.82) is 5.26 Å². The summed E-state index contributed by atoms with van der Waals surface area (Å²) in [7, 11) is 0. The van der Waals surface area contributed by atoms with Crippen molar-refractivity contribution in [3.8, 4) is 17.6 Å². The first-order valence-corrected chi connectivity index (χ1v) is 10.7. The molecular weight excluding hydrogens is 422 g/mol. The predicted octanol–water partition coefficient (Wildman–Crippen LogP) is 6.57. The number of aromatic nitrogens is 2. The van der Waals surface area contributed by atoms with E-state index in [4.69, 9.17) is 21.1 Å². The Hall–Kier alpha value is -3.75. The number of imidazole rings is 1. The van der Waals surface area contributed by atoms with Crippen LogP contribution >= 0.6 is 11.6 Å². The highest BCUT2D eigenvalue weighted by Crippen LogP contribution is 2.31. The number of nitrogens with one attached hydrogen (secondary N) is 1. The Kier molecular flexibility index (Phi) is 6.44. The number of nitrogens with zero attached hydrogens (tertiary/aromatic N) is 2. The minimum atomic E-state index is 0.330. The molecule has 0 aliphatic heterocycles. The topological polar surface area (TPSA) is 70.9 Å². The number of hydrogen-bond acceptors (Lipinski definition) is 4. The van der Waals surface area contributed by atoms with Crippen LogP contribution in [0.4, 0.5) is 0 Å². The number of fused-ring (bicyclic) bond motifs is 1. The molecule has 0 unspecified atom stereocenters. The fraction of sp³-hybridized carbons (Fsp3) is 0.154. The fourth-order valence-electron chi connectivity index (χ4n) is 3.34. The standard InChI is InChI=1S/C26H22ClN3O2/c1-3-31-25-14-18(9-11-24(25)32-16-19-6-4-5-7-21(19)27)13-20(15-28)26-29-22-10-8-17(2)12-23(22)30-26/h4-14H,3,16H2,1-2H3,(H,29,30)/b20-13-. The number of aryl methyl sites for hydroxylation is 1. The van der Waals surface area contributed by atoms with Gasteiger partial charge in [-0.15, -0.1) is 0 Å². The minimum Gasteiger partial charge on any atom is -0.490 e. The van der Waals surface area contributed by atoms with E-state index in [1.54, 1.807) is 6.08 Å². The molecule has 0 atom stereocenters. The number of benzene rings is 3. The van der Waals surface area contributed by atoms with Crippen molar-refractivity contribution in [2.24, 2.45) is 0 Å². The van der Waals surface area contributed by atoms with Crippen LogP contribution in [0, 0.1) is 18.3 Å². The van der Waals surface area contributed by atoms with Gasteiger partial charge in [-0.3, -0.25) is 0 Å². The van der Waals surface area contributed by atoms with E-state index in [1.807, 2.05) is 74.5 Å². The Morgan fingerprint density at radius 2 is 1.94 bits per heavy atom. The van der Waals surface area contributed by atoms with Gasteiger partial charge in [0.1, 0.15) is 18.5 Å². The summed E-state index contributed by atoms with van der Waals surface area (Å²) in [6.45, 7) is 4.75. The van der Waals surface area contributed by atoms with Gasteiger partial charge in [-0.25, -0.2) is 4.98 Å². The molecular formula is C26H22ClN3O2. The largest absolute Gasteiger partial charge is 0.490 e. The quantitative estimate of drug-likeness (QED) is 0.328. The SMILES string of the molecule is CCOc1cc(/C=C(/C#N)c2nc3ccc(C)cc3[nH]2)ccc1OCc1ccccc1Cl. The van der Waals surface area contributed by atoms with Gasteiger partial charge >= 0.3 is 0 Å². The molecule has 1 aromatic heterocycles. The van der Waals surface area contributed by atoms with Crippen molar-refractivity contribution < 1.29 is 9.47 Å². The van der Waals surface area contributed by atoms with Gasteiger partial charge in [0.05, 0.1) is 23.2 Å². The van der Waals surface area contributed by atoms with Gasteiger partial charge in [0.2, 0.25) is 0 Å². The maximum absolute atomic E-state index is 9.74. The first kappa shape index (κ1) is 21.5. The third-order valence-electron chi connectivity index (χ3n) is 4.93. The van der Waals surface area contributed by atoms with Crippen molar-refractivity contribution in [3.05, 3.63) is 88.2 Å². The van der Waals surface area contributed by atoms with E-state index in [9.17, 15) is 5.26 Å². The number of H-pyrrole nitrogens is 1. The Labute approximate surface area is 191 Å². The molecule has 5 nitrogen and oxygen atoms in total. The second-order valence-corrected chi connectivity index (χ2v) is 7.70. The Morgan fingerprint density at radius 3 is 2.72 bits per heavy atom. The summed E-state index contributed by atoms with van der Waals surface area (Å²) < 4.78 is 11.7. The first-order valence-electron chi connectivity index (χ1n) is 10.3. The number of ether oxygens (including phenoxy) is 2. The third-order valence-corrected chi connectivity index (χ3v) is 5.30. The van der Waals surface area contributed by atoms with Gasteiger partial charge < -0.3 is 14.5 Å². The summed E-state index contributed by atoms with van der Waals surface area (Å²) in [4.78, 5) is 7.79. The molecule has 0 radical (unpaired) electrons. The molecule has 0 aliphatic rings. The van der Waals surface area contributed by atoms with Gasteiger partial charge in [0.15, 0.2) is 11.5 Å². The first-order chi connectivity index (χ1) is 15.6. The molecule has 0 spiro atoms. The number of halogens is 1. The predicted molar refractivity (Wildman–Crippen MR) is 128 cm³/mol. The molecule has 6 heteroatoms. The highest BCUT2D eigenvalue weighted by Gasteiger charge is 2.11. The summed E-state index contributed by atoms with van der Waals surface area (Å²) in [6, 6.07) is 21.3. The van der Waals surface area contributed by atoms with Crippen molar-refractivity contribution in [2.75, 3.05) is 6.61 Å². The summed E-state index contributed by atoms with van der Waals surface area (Å²) in [5.74, 6) is 1.75. The molecule has 4 rings (SSSR count). The summed E-state index contributed by atoms with van der Waals surface area (Å²) in [5.41, 5.74) is 5.00. The van der Waals surface area contributed by atoms with Crippen LogP contribution in [-0.2, 0) is 6.61 Å². The molecule has 0 amide bonds. The highest BCUT2D eigenvalue weighted by atomic mass is 35.5. The number of rotatable bonds is 7. The van der Waals surface area contributed by atoms with Crippen molar-refractivity contribution in [2.45, 2.75) is 20.5 Å². The number of nitriles is 1. The van der Waals surface area contributed by atoms with E-state index in [0.717, 1.165) is 27.7 Å². The molecule has 32 heavy (non-hydrogen) atoms. The van der Waals surface area contributed by atoms with Crippen LogP contribution in [0.5, 0.6) is 11.5 Å². The zero-order valence-corrected chi connectivity index (χ0v) is 18.6. The molecule has 160 valence electrons. The molecule has 1 heterocycles. The maximum atomic E-state index is 9.74. The van der Waals surface area contributed by atoms with E-state index in [2.05, 4.69) is 16.0 Å². The maximum Gasteiger partial charge on any atom is 0.161 e. The second kappa shape index (κ2) is 9.59. The van der Waals surface area contributed by atoms with Crippen molar-refractivity contribution in [1.82, 2.24) is 9.97 Å². The normalized spacial score (nSPS) is 11.4. The van der Waals surface area contributed by atoms with Crippen molar-refractivity contribution >= 4 is 34.3 Å². The summed E-state index contributed by atoms with van der Waals surface area (Å²) in [5, 5.41) is 10.4. The van der Waals surface area contributed by atoms with E-state index >= 15 is 0 Å². The third kappa shape index (κ3) is 4.77. The zero-order chi connectivity index (χ0) is 22.5. The molecule has 0 aliphatic carbocycles. The van der Waals surface area contributed by atoms with Crippen LogP contribution in [0.25, 0.3) is 22.7 Å². The van der Waals surface area contributed by atoms with Gasteiger partial charge in [0.25, 0.3) is 0 Å². The Morgan fingerprint density at radius 1 is 1.09 bits per heavy atom. The fourth-order valence-corrected chi connectivity index (χ4v) is 3.53. The van der Waals surface area contributed by atoms with Gasteiger partial charge in [0, 0.05) is 10.6 Å². The molecule has 0 bridgehead atoms. The van der Waals surface area contributed by atoms with Crippen LogP contribution in [0.1, 0.15) is 29.4 Å². The van der Waals surface area contributed by atoms with Crippen LogP contribution in [0.15, 0.2) is 60.7 Å². The highest BCUT2D eigenvalue weighted by molar-refractivity contribution is 6.31. The number of allylic oxidation sites excluding steroid dienone is 1. The Bertz CT molecular complexity index is 1330. The van der Waals surface area contributed by atoms with Crippen LogP contribution in [-0.4, -0.2) is 16.6 Å². The van der Waals surface area contributed by atoms with E-state index in [1.165, 1.54) is 0 Å². The summed E-state index contributed by atoms with van der Waals surface area (Å²) in [6.07, 6.45) is 1.78. The van der Waals surface area contributed by atoms with Crippen LogP contribution < -0.4 is 9.47 Å². The molecule has 3 aromatic carbocycles. The molecule has 1 N–H and O–H groups in total. The minimum absolute atomic E-state index is 0.330. The van der Waals surface area contributed by atoms with E-state index in [-0.39, 0.29) is 0 Å². The van der Waals surface area contributed by atoms with E-state index < -0.39 is 0 Å². The van der Waals surface area contributed by atoms with Crippen LogP contribution in [0.2, 0.25) is 5.02 Å². The lowest BCUT2D eigenvalue weighted by Crippen LogP contribution is -2.00. The zero-order valence-electron chi connectivity index (χ0n) is 17.9. The van der Waals surface area contributed by atoms with E-state index in [0.29, 0.717) is 41.1 Å². The molecule has 0 saturated carbocycles. The summed E-state index contributed by atoms with van der Waals surface area (Å²) >= 11 is 6.23. The number of aromatic amines is 1.